The summed E-state index contributed by atoms with van der Waals surface area (Å²) in [6.45, 7) is 5.11. The number of piperazine rings is 1. The van der Waals surface area contributed by atoms with Gasteiger partial charge in [0, 0.05) is 62.8 Å². The van der Waals surface area contributed by atoms with Crippen LogP contribution in [0, 0.1) is 10.1 Å². The van der Waals surface area contributed by atoms with E-state index in [4.69, 9.17) is 0 Å². The Hall–Kier alpha value is -3.13. The van der Waals surface area contributed by atoms with Crippen LogP contribution in [0.15, 0.2) is 48.5 Å². The number of carboxylic acids is 1. The Kier molecular flexibility index (Phi) is 5.87. The number of non-ortho nitro benzene ring substituents is 1. The van der Waals surface area contributed by atoms with Crippen LogP contribution in [-0.4, -0.2) is 60.2 Å². The summed E-state index contributed by atoms with van der Waals surface area (Å²) in [6, 6.07) is 14.2. The molecule has 8 heteroatoms. The fraction of sp³-hybridized carbons (Fsp3) is 0.316. The predicted molar refractivity (Wildman–Crippen MR) is 104 cm³/mol. The molecule has 0 aliphatic carbocycles. The van der Waals surface area contributed by atoms with Crippen molar-refractivity contribution < 1.29 is 14.8 Å². The summed E-state index contributed by atoms with van der Waals surface area (Å²) < 4.78 is 0. The van der Waals surface area contributed by atoms with E-state index >= 15 is 0 Å². The smallest absolute Gasteiger partial charge is 0.338 e. The summed E-state index contributed by atoms with van der Waals surface area (Å²) in [5, 5.41) is 23.2. The number of nitro groups is 1. The van der Waals surface area contributed by atoms with Crippen LogP contribution >= 0.6 is 0 Å². The summed E-state index contributed by atoms with van der Waals surface area (Å²) in [5.74, 6) is -1.18. The average molecular weight is 370 g/mol. The van der Waals surface area contributed by atoms with Crippen molar-refractivity contribution in [2.45, 2.75) is 0 Å². The molecule has 2 aromatic rings. The molecule has 8 nitrogen and oxygen atoms in total. The van der Waals surface area contributed by atoms with Gasteiger partial charge in [0.2, 0.25) is 0 Å². The Morgan fingerprint density at radius 2 is 1.81 bits per heavy atom. The van der Waals surface area contributed by atoms with Gasteiger partial charge in [-0.15, -0.1) is 0 Å². The molecule has 1 aliphatic rings. The molecule has 0 aromatic heterocycles. The molecule has 1 heterocycles. The Morgan fingerprint density at radius 1 is 1.11 bits per heavy atom. The summed E-state index contributed by atoms with van der Waals surface area (Å²) in [7, 11) is 0. The number of benzene rings is 2. The fourth-order valence-corrected chi connectivity index (χ4v) is 3.19. The fourth-order valence-electron chi connectivity index (χ4n) is 3.19. The summed E-state index contributed by atoms with van der Waals surface area (Å²) >= 11 is 0. The van der Waals surface area contributed by atoms with E-state index in [1.165, 1.54) is 17.8 Å². The summed E-state index contributed by atoms with van der Waals surface area (Å²) in [5.41, 5.74) is 1.32. The van der Waals surface area contributed by atoms with Crippen LogP contribution in [-0.2, 0) is 0 Å². The molecule has 142 valence electrons. The molecule has 2 N–H and O–H groups in total. The van der Waals surface area contributed by atoms with Gasteiger partial charge in [-0.2, -0.15) is 0 Å². The van der Waals surface area contributed by atoms with Gasteiger partial charge in [-0.05, 0) is 18.2 Å². The molecule has 0 radical (unpaired) electrons. The van der Waals surface area contributed by atoms with Crippen molar-refractivity contribution in [1.29, 1.82) is 0 Å². The third kappa shape index (κ3) is 4.73. The van der Waals surface area contributed by atoms with E-state index in [0.717, 1.165) is 38.8 Å². The van der Waals surface area contributed by atoms with Gasteiger partial charge < -0.3 is 15.3 Å². The highest BCUT2D eigenvalue weighted by Crippen LogP contribution is 2.22. The van der Waals surface area contributed by atoms with Crippen molar-refractivity contribution in [3.63, 3.8) is 0 Å². The van der Waals surface area contributed by atoms with Crippen LogP contribution in [0.3, 0.4) is 0 Å². The zero-order chi connectivity index (χ0) is 19.2. The third-order valence-electron chi connectivity index (χ3n) is 4.68. The Balaban J connectivity index is 1.51. The van der Waals surface area contributed by atoms with E-state index in [2.05, 4.69) is 27.2 Å². The van der Waals surface area contributed by atoms with Gasteiger partial charge in [0.05, 0.1) is 10.5 Å². The Morgan fingerprint density at radius 3 is 2.44 bits per heavy atom. The van der Waals surface area contributed by atoms with E-state index in [-0.39, 0.29) is 11.3 Å². The molecule has 27 heavy (non-hydrogen) atoms. The molecule has 0 spiro atoms. The molecule has 1 fully saturated rings. The first-order chi connectivity index (χ1) is 13.0. The second-order valence-corrected chi connectivity index (χ2v) is 6.38. The van der Waals surface area contributed by atoms with Crippen LogP contribution in [0.4, 0.5) is 17.1 Å². The van der Waals surface area contributed by atoms with Crippen LogP contribution in [0.2, 0.25) is 0 Å². The number of nitrogens with one attached hydrogen (secondary N) is 1. The van der Waals surface area contributed by atoms with Gasteiger partial charge in [-0.1, -0.05) is 18.2 Å². The molecule has 1 aliphatic heterocycles. The van der Waals surface area contributed by atoms with E-state index in [9.17, 15) is 20.0 Å². The number of carboxylic acid groups (broad SMARTS) is 1. The number of hydrogen-bond donors (Lipinski definition) is 2. The number of aromatic carboxylic acids is 1. The monoisotopic (exact) mass is 370 g/mol. The topological polar surface area (TPSA) is 98.9 Å². The van der Waals surface area contributed by atoms with Gasteiger partial charge in [0.15, 0.2) is 0 Å². The average Bonchev–Trinajstić information content (AvgIpc) is 2.69. The number of nitro benzene ring substituents is 1. The number of hydrogen-bond acceptors (Lipinski definition) is 6. The van der Waals surface area contributed by atoms with Gasteiger partial charge in [-0.25, -0.2) is 4.79 Å². The number of rotatable bonds is 7. The first-order valence-electron chi connectivity index (χ1n) is 8.82. The van der Waals surface area contributed by atoms with E-state index in [1.54, 1.807) is 0 Å². The third-order valence-corrected chi connectivity index (χ3v) is 4.68. The van der Waals surface area contributed by atoms with Gasteiger partial charge in [0.25, 0.3) is 5.69 Å². The lowest BCUT2D eigenvalue weighted by Gasteiger charge is -2.36. The standard InChI is InChI=1S/C19H22N4O4/c24-19(25)17-14-16(23(26)27)6-7-18(17)20-8-9-21-10-12-22(13-11-21)15-4-2-1-3-5-15/h1-7,14,20H,8-13H2,(H,24,25). The maximum absolute atomic E-state index is 11.4. The van der Waals surface area contributed by atoms with Crippen molar-refractivity contribution in [2.75, 3.05) is 49.5 Å². The molecular formula is C19H22N4O4. The van der Waals surface area contributed by atoms with Crippen LogP contribution < -0.4 is 10.2 Å². The molecule has 0 unspecified atom stereocenters. The van der Waals surface area contributed by atoms with Gasteiger partial charge in [-0.3, -0.25) is 15.0 Å². The second-order valence-electron chi connectivity index (χ2n) is 6.38. The predicted octanol–water partition coefficient (Wildman–Crippen LogP) is 2.53. The van der Waals surface area contributed by atoms with Crippen molar-refractivity contribution >= 4 is 23.0 Å². The second kappa shape index (κ2) is 8.50. The normalized spacial score (nSPS) is 14.7. The highest BCUT2D eigenvalue weighted by Gasteiger charge is 2.18. The largest absolute Gasteiger partial charge is 0.478 e. The SMILES string of the molecule is O=C(O)c1cc([N+](=O)[O-])ccc1NCCN1CCN(c2ccccc2)CC1. The maximum atomic E-state index is 11.4. The number of carbonyl (C=O) groups is 1. The Bertz CT molecular complexity index is 805. The molecule has 3 rings (SSSR count). The van der Waals surface area contributed by atoms with Crippen LogP contribution in [0.25, 0.3) is 0 Å². The van der Waals surface area contributed by atoms with Gasteiger partial charge in [0.1, 0.15) is 0 Å². The van der Waals surface area contributed by atoms with Crippen LogP contribution in [0.5, 0.6) is 0 Å². The molecule has 0 saturated carbocycles. The summed E-state index contributed by atoms with van der Waals surface area (Å²) in [6.07, 6.45) is 0. The molecule has 2 aromatic carbocycles. The zero-order valence-corrected chi connectivity index (χ0v) is 14.9. The number of anilines is 2. The van der Waals surface area contributed by atoms with E-state index in [1.807, 2.05) is 18.2 Å². The lowest BCUT2D eigenvalue weighted by Crippen LogP contribution is -2.47. The zero-order valence-electron chi connectivity index (χ0n) is 14.9. The molecule has 1 saturated heterocycles. The van der Waals surface area contributed by atoms with Crippen LogP contribution in [0.1, 0.15) is 10.4 Å². The molecule has 0 amide bonds. The van der Waals surface area contributed by atoms with E-state index < -0.39 is 10.9 Å². The maximum Gasteiger partial charge on any atom is 0.338 e. The van der Waals surface area contributed by atoms with Gasteiger partial charge >= 0.3 is 5.97 Å². The van der Waals surface area contributed by atoms with E-state index in [0.29, 0.717) is 12.2 Å². The molecule has 0 atom stereocenters. The van der Waals surface area contributed by atoms with Crippen molar-refractivity contribution in [1.82, 2.24) is 4.90 Å². The van der Waals surface area contributed by atoms with Crippen molar-refractivity contribution in [3.8, 4) is 0 Å². The van der Waals surface area contributed by atoms with Crippen molar-refractivity contribution in [3.05, 3.63) is 64.2 Å². The number of nitrogens with zero attached hydrogens (tertiary/aromatic N) is 3. The number of para-hydroxylation sites is 1. The molecular weight excluding hydrogens is 348 g/mol. The molecule has 0 bridgehead atoms. The Labute approximate surface area is 157 Å². The quantitative estimate of drug-likeness (QED) is 0.571. The lowest BCUT2D eigenvalue weighted by molar-refractivity contribution is -0.384. The minimum atomic E-state index is -1.18. The first-order valence-corrected chi connectivity index (χ1v) is 8.82. The lowest BCUT2D eigenvalue weighted by atomic mass is 10.1. The first kappa shape index (κ1) is 18.7. The highest BCUT2D eigenvalue weighted by atomic mass is 16.6. The van der Waals surface area contributed by atoms with Crippen molar-refractivity contribution in [2.24, 2.45) is 0 Å². The minimum absolute atomic E-state index is 0.0851. The minimum Gasteiger partial charge on any atom is -0.478 e. The highest BCUT2D eigenvalue weighted by molar-refractivity contribution is 5.95. The summed E-state index contributed by atoms with van der Waals surface area (Å²) in [4.78, 5) is 26.2.